The van der Waals surface area contributed by atoms with Crippen LogP contribution in [0.2, 0.25) is 0 Å². The summed E-state index contributed by atoms with van der Waals surface area (Å²) < 4.78 is 0. The Morgan fingerprint density at radius 2 is 1.83 bits per heavy atom. The molecule has 100 valence electrons. The standard InChI is InChI=1S/C15H24N2O/c1-12(2)17(15(18)13(3)10-16-4)11-14-8-6-5-7-9-14/h5-9,12-13,16H,10-11H2,1-4H3. The maximum atomic E-state index is 12.4. The topological polar surface area (TPSA) is 32.3 Å². The summed E-state index contributed by atoms with van der Waals surface area (Å²) in [6.45, 7) is 7.50. The molecule has 1 aromatic carbocycles. The molecule has 3 heteroatoms. The number of rotatable bonds is 6. The van der Waals surface area contributed by atoms with E-state index in [2.05, 4.69) is 31.3 Å². The van der Waals surface area contributed by atoms with E-state index < -0.39 is 0 Å². The van der Waals surface area contributed by atoms with Gasteiger partial charge in [-0.1, -0.05) is 37.3 Å². The maximum Gasteiger partial charge on any atom is 0.227 e. The minimum atomic E-state index is 0.0149. The third kappa shape index (κ3) is 4.15. The lowest BCUT2D eigenvalue weighted by atomic mass is 10.1. The smallest absolute Gasteiger partial charge is 0.227 e. The van der Waals surface area contributed by atoms with Crippen LogP contribution in [0.15, 0.2) is 30.3 Å². The number of nitrogens with one attached hydrogen (secondary N) is 1. The number of hydrogen-bond acceptors (Lipinski definition) is 2. The Bertz CT molecular complexity index is 362. The van der Waals surface area contributed by atoms with Gasteiger partial charge in [-0.15, -0.1) is 0 Å². The first-order valence-corrected chi connectivity index (χ1v) is 6.55. The molecule has 0 saturated heterocycles. The Kier molecular flexibility index (Phi) is 5.86. The lowest BCUT2D eigenvalue weighted by Crippen LogP contribution is -2.42. The second-order valence-electron chi connectivity index (χ2n) is 5.00. The molecule has 3 nitrogen and oxygen atoms in total. The highest BCUT2D eigenvalue weighted by Crippen LogP contribution is 2.12. The van der Waals surface area contributed by atoms with Crippen LogP contribution in [0.4, 0.5) is 0 Å². The summed E-state index contributed by atoms with van der Waals surface area (Å²) in [4.78, 5) is 14.3. The SMILES string of the molecule is CNCC(C)C(=O)N(Cc1ccccc1)C(C)C. The van der Waals surface area contributed by atoms with Crippen molar-refractivity contribution in [2.45, 2.75) is 33.4 Å². The molecular weight excluding hydrogens is 224 g/mol. The molecule has 1 aromatic rings. The van der Waals surface area contributed by atoms with Crippen molar-refractivity contribution in [3.05, 3.63) is 35.9 Å². The number of benzene rings is 1. The van der Waals surface area contributed by atoms with Crippen molar-refractivity contribution < 1.29 is 4.79 Å². The molecule has 1 amide bonds. The largest absolute Gasteiger partial charge is 0.336 e. The fourth-order valence-corrected chi connectivity index (χ4v) is 1.97. The molecule has 0 aliphatic heterocycles. The summed E-state index contributed by atoms with van der Waals surface area (Å²) in [6.07, 6.45) is 0. The summed E-state index contributed by atoms with van der Waals surface area (Å²) >= 11 is 0. The van der Waals surface area contributed by atoms with Crippen LogP contribution in [0.3, 0.4) is 0 Å². The summed E-state index contributed by atoms with van der Waals surface area (Å²) in [6, 6.07) is 10.4. The van der Waals surface area contributed by atoms with E-state index in [-0.39, 0.29) is 17.9 Å². The highest BCUT2D eigenvalue weighted by molar-refractivity contribution is 5.79. The molecule has 0 saturated carbocycles. The van der Waals surface area contributed by atoms with Crippen LogP contribution in [0.25, 0.3) is 0 Å². The third-order valence-electron chi connectivity index (χ3n) is 3.03. The van der Waals surface area contributed by atoms with E-state index in [1.54, 1.807) is 0 Å². The van der Waals surface area contributed by atoms with E-state index in [4.69, 9.17) is 0 Å². The van der Waals surface area contributed by atoms with Gasteiger partial charge in [-0.25, -0.2) is 0 Å². The Hall–Kier alpha value is -1.35. The van der Waals surface area contributed by atoms with Gasteiger partial charge in [-0.05, 0) is 26.5 Å². The van der Waals surface area contributed by atoms with Crippen LogP contribution in [0.1, 0.15) is 26.3 Å². The molecule has 1 rings (SSSR count). The second-order valence-corrected chi connectivity index (χ2v) is 5.00. The van der Waals surface area contributed by atoms with Gasteiger partial charge in [0.15, 0.2) is 0 Å². The Balaban J connectivity index is 2.74. The van der Waals surface area contributed by atoms with Crippen molar-refractivity contribution in [1.29, 1.82) is 0 Å². The number of nitrogens with zero attached hydrogens (tertiary/aromatic N) is 1. The number of carbonyl (C=O) groups excluding carboxylic acids is 1. The summed E-state index contributed by atoms with van der Waals surface area (Å²) in [5.41, 5.74) is 1.18. The van der Waals surface area contributed by atoms with E-state index in [1.165, 1.54) is 5.56 Å². The fourth-order valence-electron chi connectivity index (χ4n) is 1.97. The fraction of sp³-hybridized carbons (Fsp3) is 0.533. The average Bonchev–Trinajstić information content (AvgIpc) is 2.36. The average molecular weight is 248 g/mol. The molecule has 0 aromatic heterocycles. The Labute approximate surface area is 110 Å². The van der Waals surface area contributed by atoms with Crippen molar-refractivity contribution in [1.82, 2.24) is 10.2 Å². The highest BCUT2D eigenvalue weighted by atomic mass is 16.2. The van der Waals surface area contributed by atoms with Gasteiger partial charge in [0.1, 0.15) is 0 Å². The van der Waals surface area contributed by atoms with Crippen LogP contribution in [-0.2, 0) is 11.3 Å². The van der Waals surface area contributed by atoms with E-state index >= 15 is 0 Å². The zero-order valence-corrected chi connectivity index (χ0v) is 11.8. The van der Waals surface area contributed by atoms with Crippen molar-refractivity contribution in [2.75, 3.05) is 13.6 Å². The number of hydrogen-bond donors (Lipinski definition) is 1. The van der Waals surface area contributed by atoms with Crippen molar-refractivity contribution in [2.24, 2.45) is 5.92 Å². The number of carbonyl (C=O) groups is 1. The molecule has 1 N–H and O–H groups in total. The normalized spacial score (nSPS) is 12.5. The Morgan fingerprint density at radius 3 is 2.33 bits per heavy atom. The van der Waals surface area contributed by atoms with Gasteiger partial charge in [0, 0.05) is 25.0 Å². The first-order chi connectivity index (χ1) is 8.56. The third-order valence-corrected chi connectivity index (χ3v) is 3.03. The molecule has 18 heavy (non-hydrogen) atoms. The van der Waals surface area contributed by atoms with Gasteiger partial charge in [0.2, 0.25) is 5.91 Å². The van der Waals surface area contributed by atoms with Crippen molar-refractivity contribution >= 4 is 5.91 Å². The maximum absolute atomic E-state index is 12.4. The quantitative estimate of drug-likeness (QED) is 0.837. The van der Waals surface area contributed by atoms with Crippen LogP contribution >= 0.6 is 0 Å². The second kappa shape index (κ2) is 7.17. The molecule has 0 aliphatic rings. The highest BCUT2D eigenvalue weighted by Gasteiger charge is 2.22. The van der Waals surface area contributed by atoms with E-state index in [0.29, 0.717) is 6.54 Å². The Morgan fingerprint density at radius 1 is 1.22 bits per heavy atom. The minimum absolute atomic E-state index is 0.0149. The predicted molar refractivity (Wildman–Crippen MR) is 75.2 cm³/mol. The summed E-state index contributed by atoms with van der Waals surface area (Å²) in [5.74, 6) is 0.226. The minimum Gasteiger partial charge on any atom is -0.336 e. The van der Waals surface area contributed by atoms with Crippen LogP contribution in [0.5, 0.6) is 0 Å². The lowest BCUT2D eigenvalue weighted by molar-refractivity contribution is -0.137. The summed E-state index contributed by atoms with van der Waals surface area (Å²) in [5, 5.41) is 3.06. The molecular formula is C15H24N2O. The van der Waals surface area contributed by atoms with Crippen LogP contribution in [-0.4, -0.2) is 30.4 Å². The predicted octanol–water partition coefficient (Wildman–Crippen LogP) is 2.28. The van der Waals surface area contributed by atoms with Crippen molar-refractivity contribution in [3.63, 3.8) is 0 Å². The van der Waals surface area contributed by atoms with Crippen LogP contribution < -0.4 is 5.32 Å². The first-order valence-electron chi connectivity index (χ1n) is 6.55. The molecule has 0 fully saturated rings. The van der Waals surface area contributed by atoms with E-state index in [1.807, 2.05) is 37.1 Å². The number of amides is 1. The molecule has 1 unspecified atom stereocenters. The molecule has 0 aliphatic carbocycles. The van der Waals surface area contributed by atoms with Crippen LogP contribution in [0, 0.1) is 5.92 Å². The van der Waals surface area contributed by atoms with Gasteiger partial charge in [-0.3, -0.25) is 4.79 Å². The molecule has 1 atom stereocenters. The molecule has 0 heterocycles. The van der Waals surface area contributed by atoms with Gasteiger partial charge in [0.05, 0.1) is 0 Å². The lowest BCUT2D eigenvalue weighted by Gasteiger charge is -2.29. The monoisotopic (exact) mass is 248 g/mol. The van der Waals surface area contributed by atoms with Gasteiger partial charge in [0.25, 0.3) is 0 Å². The van der Waals surface area contributed by atoms with E-state index in [9.17, 15) is 4.79 Å². The van der Waals surface area contributed by atoms with Gasteiger partial charge < -0.3 is 10.2 Å². The van der Waals surface area contributed by atoms with Gasteiger partial charge in [-0.2, -0.15) is 0 Å². The van der Waals surface area contributed by atoms with Crippen molar-refractivity contribution in [3.8, 4) is 0 Å². The first kappa shape index (κ1) is 14.7. The summed E-state index contributed by atoms with van der Waals surface area (Å²) in [7, 11) is 1.88. The molecule has 0 bridgehead atoms. The molecule has 0 radical (unpaired) electrons. The van der Waals surface area contributed by atoms with E-state index in [0.717, 1.165) is 6.54 Å². The molecule has 0 spiro atoms. The van der Waals surface area contributed by atoms with Gasteiger partial charge >= 0.3 is 0 Å². The zero-order chi connectivity index (χ0) is 13.5. The zero-order valence-electron chi connectivity index (χ0n) is 11.8.